The molecule has 0 saturated carbocycles. The van der Waals surface area contributed by atoms with Crippen LogP contribution < -0.4 is 0 Å². The lowest BCUT2D eigenvalue weighted by molar-refractivity contribution is -0.137. The highest BCUT2D eigenvalue weighted by Crippen LogP contribution is 2.37. The minimum Gasteiger partial charge on any atom is -0.392 e. The summed E-state index contributed by atoms with van der Waals surface area (Å²) in [5.74, 6) is -0.311. The van der Waals surface area contributed by atoms with Crippen molar-refractivity contribution in [3.05, 3.63) is 88.0 Å². The minimum atomic E-state index is -4.43. The lowest BCUT2D eigenvalue weighted by Crippen LogP contribution is -2.13. The molecule has 3 aromatic rings. The average molecular weight is 476 g/mol. The number of rotatable bonds is 8. The Bertz CT molecular complexity index is 1120. The van der Waals surface area contributed by atoms with Gasteiger partial charge in [-0.2, -0.15) is 13.2 Å². The summed E-state index contributed by atoms with van der Waals surface area (Å²) in [4.78, 5) is 4.86. The molecule has 1 heterocycles. The van der Waals surface area contributed by atoms with E-state index in [1.54, 1.807) is 18.2 Å². The van der Waals surface area contributed by atoms with Crippen LogP contribution in [0.2, 0.25) is 0 Å². The first-order chi connectivity index (χ1) is 16.0. The summed E-state index contributed by atoms with van der Waals surface area (Å²) in [6.07, 6.45) is -4.43. The summed E-state index contributed by atoms with van der Waals surface area (Å²) < 4.78 is 58.7. The zero-order valence-corrected chi connectivity index (χ0v) is 19.7. The molecule has 0 fully saturated rings. The third kappa shape index (κ3) is 5.83. The number of ether oxygens (including phenoxy) is 1. The molecule has 0 amide bonds. The number of nitrogens with zero attached hydrogens (tertiary/aromatic N) is 1. The molecule has 1 N–H and O–H groups in total. The van der Waals surface area contributed by atoms with E-state index in [-0.39, 0.29) is 37.5 Å². The Hall–Kier alpha value is -2.77. The van der Waals surface area contributed by atoms with E-state index >= 15 is 0 Å². The molecule has 7 heteroatoms. The fourth-order valence-corrected chi connectivity index (χ4v) is 4.04. The second-order valence-corrected chi connectivity index (χ2v) is 8.88. The van der Waals surface area contributed by atoms with Crippen molar-refractivity contribution in [3.8, 4) is 11.1 Å². The molecule has 0 aliphatic carbocycles. The largest absolute Gasteiger partial charge is 0.416 e. The monoisotopic (exact) mass is 475 g/mol. The van der Waals surface area contributed by atoms with Crippen LogP contribution in [-0.2, 0) is 30.7 Å². The first kappa shape index (κ1) is 25.8. The van der Waals surface area contributed by atoms with Crippen molar-refractivity contribution in [2.24, 2.45) is 0 Å². The molecule has 0 saturated heterocycles. The number of aliphatic hydroxyl groups excluding tert-OH is 1. The van der Waals surface area contributed by atoms with Crippen molar-refractivity contribution in [3.63, 3.8) is 0 Å². The lowest BCUT2D eigenvalue weighted by Gasteiger charge is -2.24. The number of hydrogen-bond acceptors (Lipinski definition) is 3. The SMILES string of the molecule is CC(C)c1nc(C(C)C)c(COCc2cccc(C(F)(F)F)c2)c(-c2ccc(F)cc2)c1CO. The maximum absolute atomic E-state index is 13.6. The smallest absolute Gasteiger partial charge is 0.392 e. The molecule has 0 spiro atoms. The van der Waals surface area contributed by atoms with Gasteiger partial charge in [0.2, 0.25) is 0 Å². The highest BCUT2D eigenvalue weighted by molar-refractivity contribution is 5.73. The van der Waals surface area contributed by atoms with E-state index in [0.29, 0.717) is 16.7 Å². The van der Waals surface area contributed by atoms with Crippen LogP contribution in [-0.4, -0.2) is 10.1 Å². The van der Waals surface area contributed by atoms with Gasteiger partial charge in [-0.05, 0) is 52.8 Å². The molecule has 1 aromatic heterocycles. The summed E-state index contributed by atoms with van der Waals surface area (Å²) >= 11 is 0. The Morgan fingerprint density at radius 1 is 0.882 bits per heavy atom. The van der Waals surface area contributed by atoms with Crippen molar-refractivity contribution in [1.29, 1.82) is 0 Å². The highest BCUT2D eigenvalue weighted by atomic mass is 19.4. The van der Waals surface area contributed by atoms with Gasteiger partial charge in [0.15, 0.2) is 0 Å². The molecule has 34 heavy (non-hydrogen) atoms. The van der Waals surface area contributed by atoms with E-state index in [0.717, 1.165) is 34.6 Å². The molecule has 3 rings (SSSR count). The number of aliphatic hydroxyl groups is 1. The topological polar surface area (TPSA) is 42.4 Å². The van der Waals surface area contributed by atoms with Crippen LogP contribution in [0.25, 0.3) is 11.1 Å². The molecule has 0 atom stereocenters. The minimum absolute atomic E-state index is 0.0231. The number of benzene rings is 2. The predicted octanol–water partition coefficient (Wildman–Crippen LogP) is 7.36. The Morgan fingerprint density at radius 2 is 1.50 bits per heavy atom. The van der Waals surface area contributed by atoms with Crippen LogP contribution in [0, 0.1) is 5.82 Å². The first-order valence-electron chi connectivity index (χ1n) is 11.2. The summed E-state index contributed by atoms with van der Waals surface area (Å²) in [6, 6.07) is 11.0. The summed E-state index contributed by atoms with van der Waals surface area (Å²) in [7, 11) is 0. The Labute approximate surface area is 197 Å². The Morgan fingerprint density at radius 3 is 2.06 bits per heavy atom. The van der Waals surface area contributed by atoms with Crippen LogP contribution in [0.5, 0.6) is 0 Å². The molecule has 0 aliphatic heterocycles. The van der Waals surface area contributed by atoms with Gasteiger partial charge in [-0.15, -0.1) is 0 Å². The Balaban J connectivity index is 2.05. The van der Waals surface area contributed by atoms with Gasteiger partial charge < -0.3 is 9.84 Å². The maximum Gasteiger partial charge on any atom is 0.416 e. The van der Waals surface area contributed by atoms with Crippen molar-refractivity contribution in [1.82, 2.24) is 4.98 Å². The zero-order valence-electron chi connectivity index (χ0n) is 19.7. The molecule has 182 valence electrons. The van der Waals surface area contributed by atoms with Gasteiger partial charge in [-0.1, -0.05) is 52.0 Å². The molecule has 0 unspecified atom stereocenters. The van der Waals surface area contributed by atoms with Gasteiger partial charge in [0.1, 0.15) is 5.82 Å². The van der Waals surface area contributed by atoms with Gasteiger partial charge >= 0.3 is 6.18 Å². The molecular formula is C27H29F4NO2. The highest BCUT2D eigenvalue weighted by Gasteiger charge is 2.30. The van der Waals surface area contributed by atoms with Crippen molar-refractivity contribution < 1.29 is 27.4 Å². The molecule has 2 aromatic carbocycles. The fourth-order valence-electron chi connectivity index (χ4n) is 4.04. The van der Waals surface area contributed by atoms with Gasteiger partial charge in [0.25, 0.3) is 0 Å². The van der Waals surface area contributed by atoms with Gasteiger partial charge in [-0.3, -0.25) is 4.98 Å². The van der Waals surface area contributed by atoms with E-state index in [1.807, 2.05) is 27.7 Å². The summed E-state index contributed by atoms with van der Waals surface area (Å²) in [6.45, 7) is 7.77. The molecular weight excluding hydrogens is 446 g/mol. The summed E-state index contributed by atoms with van der Waals surface area (Å²) in [5, 5.41) is 10.3. The van der Waals surface area contributed by atoms with Crippen LogP contribution in [0.1, 0.15) is 73.2 Å². The van der Waals surface area contributed by atoms with Crippen LogP contribution >= 0.6 is 0 Å². The van der Waals surface area contributed by atoms with Gasteiger partial charge in [0, 0.05) is 22.5 Å². The number of aromatic nitrogens is 1. The number of pyridine rings is 1. The van der Waals surface area contributed by atoms with Crippen molar-refractivity contribution in [2.75, 3.05) is 0 Å². The second-order valence-electron chi connectivity index (χ2n) is 8.88. The third-order valence-corrected chi connectivity index (χ3v) is 5.62. The van der Waals surface area contributed by atoms with Crippen molar-refractivity contribution >= 4 is 0 Å². The quantitative estimate of drug-likeness (QED) is 0.346. The van der Waals surface area contributed by atoms with E-state index in [9.17, 15) is 22.7 Å². The normalized spacial score (nSPS) is 12.1. The molecule has 0 aliphatic rings. The van der Waals surface area contributed by atoms with Crippen LogP contribution in [0.15, 0.2) is 48.5 Å². The number of hydrogen-bond donors (Lipinski definition) is 1. The van der Waals surface area contributed by atoms with E-state index in [1.165, 1.54) is 18.2 Å². The van der Waals surface area contributed by atoms with Crippen molar-refractivity contribution in [2.45, 2.75) is 65.5 Å². The summed E-state index contributed by atoms with van der Waals surface area (Å²) in [5.41, 5.74) is 4.04. The molecule has 3 nitrogen and oxygen atoms in total. The predicted molar refractivity (Wildman–Crippen MR) is 124 cm³/mol. The third-order valence-electron chi connectivity index (χ3n) is 5.62. The maximum atomic E-state index is 13.6. The fraction of sp³-hybridized carbons (Fsp3) is 0.370. The van der Waals surface area contributed by atoms with E-state index in [4.69, 9.17) is 9.72 Å². The second kappa shape index (κ2) is 10.7. The lowest BCUT2D eigenvalue weighted by atomic mass is 9.87. The molecule has 0 radical (unpaired) electrons. The van der Waals surface area contributed by atoms with Crippen LogP contribution in [0.4, 0.5) is 17.6 Å². The standard InChI is InChI=1S/C27H29F4NO2/c1-16(2)25-22(13-33)24(19-8-10-21(28)11-9-19)23(26(32-25)17(3)4)15-34-14-18-6-5-7-20(12-18)27(29,30)31/h5-12,16-17,33H,13-15H2,1-4H3. The van der Waals surface area contributed by atoms with E-state index in [2.05, 4.69) is 0 Å². The number of halogens is 4. The van der Waals surface area contributed by atoms with Crippen LogP contribution in [0.3, 0.4) is 0 Å². The van der Waals surface area contributed by atoms with Gasteiger partial charge in [-0.25, -0.2) is 4.39 Å². The Kier molecular flexibility index (Phi) is 8.10. The molecule has 0 bridgehead atoms. The number of alkyl halides is 3. The average Bonchev–Trinajstić information content (AvgIpc) is 2.78. The first-order valence-corrected chi connectivity index (χ1v) is 11.2. The van der Waals surface area contributed by atoms with Gasteiger partial charge in [0.05, 0.1) is 25.4 Å². The van der Waals surface area contributed by atoms with E-state index < -0.39 is 11.7 Å². The zero-order chi connectivity index (χ0) is 25.0.